The normalized spacial score (nSPS) is 11.9. The number of aliphatic imine (C=N–C) groups is 2. The molecule has 0 bridgehead atoms. The summed E-state index contributed by atoms with van der Waals surface area (Å²) in [6, 6.07) is 0. The van der Waals surface area contributed by atoms with Crippen molar-refractivity contribution in [1.29, 1.82) is 0 Å². The third kappa shape index (κ3) is 25.3. The zero-order valence-corrected chi connectivity index (χ0v) is 18.9. The number of unbranched alkanes of at least 4 members (excludes halogenated alkanes) is 16. The molecule has 160 valence electrons. The molecule has 0 amide bonds. The summed E-state index contributed by atoms with van der Waals surface area (Å²) in [5, 5.41) is 0. The van der Waals surface area contributed by atoms with Crippen molar-refractivity contribution in [2.24, 2.45) is 9.98 Å². The lowest BCUT2D eigenvalue weighted by molar-refractivity contribution is 0.578. The van der Waals surface area contributed by atoms with E-state index in [0.29, 0.717) is 0 Å². The topological polar surface area (TPSA) is 24.7 Å². The highest BCUT2D eigenvalue weighted by Crippen LogP contribution is 2.09. The standard InChI is InChI=1S/C25H50N2/c1-3-5-7-9-11-13-15-18-22-26-24-20-17-21-25-27-23-19-16-14-12-10-8-6-4-2/h24-25H,3-23H2,1-2H3. The number of rotatable bonds is 22. The highest BCUT2D eigenvalue weighted by atomic mass is 14.7. The van der Waals surface area contributed by atoms with E-state index in [4.69, 9.17) is 0 Å². The van der Waals surface area contributed by atoms with Gasteiger partial charge in [-0.15, -0.1) is 0 Å². The van der Waals surface area contributed by atoms with Crippen molar-refractivity contribution < 1.29 is 0 Å². The molecule has 0 unspecified atom stereocenters. The van der Waals surface area contributed by atoms with Gasteiger partial charge in [0.25, 0.3) is 0 Å². The molecular weight excluding hydrogens is 328 g/mol. The van der Waals surface area contributed by atoms with Crippen molar-refractivity contribution in [2.45, 2.75) is 136 Å². The van der Waals surface area contributed by atoms with Crippen LogP contribution in [0.1, 0.15) is 136 Å². The summed E-state index contributed by atoms with van der Waals surface area (Å²) in [6.45, 7) is 6.62. The van der Waals surface area contributed by atoms with Crippen LogP contribution in [0, 0.1) is 0 Å². The second-order valence-electron chi connectivity index (χ2n) is 8.06. The molecule has 0 saturated heterocycles. The van der Waals surface area contributed by atoms with E-state index in [-0.39, 0.29) is 0 Å². The van der Waals surface area contributed by atoms with Gasteiger partial charge in [0.1, 0.15) is 0 Å². The fourth-order valence-corrected chi connectivity index (χ4v) is 3.34. The van der Waals surface area contributed by atoms with Crippen LogP contribution < -0.4 is 0 Å². The molecule has 2 nitrogen and oxygen atoms in total. The Balaban J connectivity index is 3.14. The highest BCUT2D eigenvalue weighted by molar-refractivity contribution is 5.60. The van der Waals surface area contributed by atoms with Gasteiger partial charge in [-0.1, -0.05) is 104 Å². The van der Waals surface area contributed by atoms with Crippen LogP contribution in [0.25, 0.3) is 0 Å². The average molecular weight is 379 g/mol. The smallest absolute Gasteiger partial charge is 0.0385 e. The molecule has 0 aliphatic heterocycles. The van der Waals surface area contributed by atoms with E-state index >= 15 is 0 Å². The maximum Gasteiger partial charge on any atom is 0.0385 e. The molecule has 0 heterocycles. The molecule has 0 fully saturated rings. The summed E-state index contributed by atoms with van der Waals surface area (Å²) >= 11 is 0. The lowest BCUT2D eigenvalue weighted by atomic mass is 10.1. The Hall–Kier alpha value is -0.660. The quantitative estimate of drug-likeness (QED) is 0.133. The van der Waals surface area contributed by atoms with Crippen LogP contribution in [0.4, 0.5) is 0 Å². The summed E-state index contributed by atoms with van der Waals surface area (Å²) in [5.74, 6) is 0. The van der Waals surface area contributed by atoms with E-state index in [1.807, 2.05) is 0 Å². The Morgan fingerprint density at radius 2 is 0.741 bits per heavy atom. The monoisotopic (exact) mass is 378 g/mol. The minimum absolute atomic E-state index is 1.03. The van der Waals surface area contributed by atoms with Crippen LogP contribution in [-0.4, -0.2) is 25.5 Å². The van der Waals surface area contributed by atoms with E-state index in [1.165, 1.54) is 109 Å². The zero-order valence-electron chi connectivity index (χ0n) is 18.9. The van der Waals surface area contributed by atoms with Gasteiger partial charge < -0.3 is 0 Å². The van der Waals surface area contributed by atoms with Crippen molar-refractivity contribution in [3.63, 3.8) is 0 Å². The molecule has 0 spiro atoms. The fourth-order valence-electron chi connectivity index (χ4n) is 3.34. The number of nitrogens with zero attached hydrogens (tertiary/aromatic N) is 2. The van der Waals surface area contributed by atoms with Crippen molar-refractivity contribution in [3.8, 4) is 0 Å². The van der Waals surface area contributed by atoms with Crippen LogP contribution >= 0.6 is 0 Å². The van der Waals surface area contributed by atoms with E-state index in [0.717, 1.165) is 25.9 Å². The molecule has 2 heteroatoms. The molecule has 27 heavy (non-hydrogen) atoms. The van der Waals surface area contributed by atoms with E-state index in [2.05, 4.69) is 36.3 Å². The average Bonchev–Trinajstić information content (AvgIpc) is 2.68. The summed E-state index contributed by atoms with van der Waals surface area (Å²) in [5.41, 5.74) is 0. The summed E-state index contributed by atoms with van der Waals surface area (Å²) in [7, 11) is 0. The van der Waals surface area contributed by atoms with Gasteiger partial charge >= 0.3 is 0 Å². The summed E-state index contributed by atoms with van der Waals surface area (Å²) < 4.78 is 0. The Morgan fingerprint density at radius 1 is 0.407 bits per heavy atom. The van der Waals surface area contributed by atoms with Gasteiger partial charge in [-0.2, -0.15) is 0 Å². The molecule has 0 aromatic heterocycles. The zero-order chi connectivity index (χ0) is 19.7. The second-order valence-corrected chi connectivity index (χ2v) is 8.06. The molecule has 0 aromatic carbocycles. The number of hydrogen-bond acceptors (Lipinski definition) is 2. The molecule has 0 radical (unpaired) electrons. The number of hydrogen-bond donors (Lipinski definition) is 0. The van der Waals surface area contributed by atoms with Crippen LogP contribution in [0.15, 0.2) is 9.98 Å². The van der Waals surface area contributed by atoms with Gasteiger partial charge in [-0.25, -0.2) is 0 Å². The Labute approximate surface area is 171 Å². The van der Waals surface area contributed by atoms with E-state index in [1.54, 1.807) is 0 Å². The van der Waals surface area contributed by atoms with Gasteiger partial charge in [0.15, 0.2) is 0 Å². The van der Waals surface area contributed by atoms with Crippen molar-refractivity contribution in [3.05, 3.63) is 0 Å². The molecule has 0 rings (SSSR count). The van der Waals surface area contributed by atoms with Crippen LogP contribution in [0.3, 0.4) is 0 Å². The Bertz CT molecular complexity index is 279. The van der Waals surface area contributed by atoms with Crippen LogP contribution in [0.5, 0.6) is 0 Å². The first-order valence-corrected chi connectivity index (χ1v) is 12.4. The van der Waals surface area contributed by atoms with Crippen molar-refractivity contribution in [2.75, 3.05) is 13.1 Å². The van der Waals surface area contributed by atoms with E-state index < -0.39 is 0 Å². The second kappa shape index (κ2) is 25.3. The third-order valence-electron chi connectivity index (χ3n) is 5.21. The minimum Gasteiger partial charge on any atom is -0.298 e. The van der Waals surface area contributed by atoms with Crippen LogP contribution in [-0.2, 0) is 0 Å². The molecular formula is C25H50N2. The summed E-state index contributed by atoms with van der Waals surface area (Å²) in [4.78, 5) is 9.09. The van der Waals surface area contributed by atoms with Gasteiger partial charge in [0, 0.05) is 13.1 Å². The van der Waals surface area contributed by atoms with Gasteiger partial charge in [0.2, 0.25) is 0 Å². The Morgan fingerprint density at radius 3 is 1.11 bits per heavy atom. The predicted octanol–water partition coefficient (Wildman–Crippen LogP) is 8.58. The minimum atomic E-state index is 1.03. The molecule has 0 aromatic rings. The maximum absolute atomic E-state index is 4.54. The fraction of sp³-hybridized carbons (Fsp3) is 0.920. The Kier molecular flexibility index (Phi) is 24.7. The van der Waals surface area contributed by atoms with Crippen molar-refractivity contribution in [1.82, 2.24) is 0 Å². The van der Waals surface area contributed by atoms with E-state index in [9.17, 15) is 0 Å². The van der Waals surface area contributed by atoms with Crippen LogP contribution in [0.2, 0.25) is 0 Å². The first kappa shape index (κ1) is 26.3. The lowest BCUT2D eigenvalue weighted by Gasteiger charge is -2.00. The largest absolute Gasteiger partial charge is 0.298 e. The van der Waals surface area contributed by atoms with Gasteiger partial charge in [-0.3, -0.25) is 9.98 Å². The maximum atomic E-state index is 4.54. The SMILES string of the molecule is CCCCCCCCCCN=CCCCC=NCCCCCCCCCC. The van der Waals surface area contributed by atoms with Gasteiger partial charge in [-0.05, 0) is 44.5 Å². The summed E-state index contributed by atoms with van der Waals surface area (Å²) in [6.07, 6.45) is 29.8. The highest BCUT2D eigenvalue weighted by Gasteiger charge is 1.92. The first-order chi connectivity index (χ1) is 13.4. The molecule has 0 aliphatic rings. The predicted molar refractivity (Wildman–Crippen MR) is 126 cm³/mol. The molecule has 0 atom stereocenters. The van der Waals surface area contributed by atoms with Crippen molar-refractivity contribution >= 4 is 12.4 Å². The molecule has 0 aliphatic carbocycles. The van der Waals surface area contributed by atoms with Gasteiger partial charge in [0.05, 0.1) is 0 Å². The lowest BCUT2D eigenvalue weighted by Crippen LogP contribution is -1.87. The third-order valence-corrected chi connectivity index (χ3v) is 5.21. The molecule has 0 N–H and O–H groups in total. The molecule has 0 saturated carbocycles. The first-order valence-electron chi connectivity index (χ1n) is 12.4.